The second kappa shape index (κ2) is 6.48. The number of carboxylic acids is 1. The van der Waals surface area contributed by atoms with Crippen LogP contribution in [0.15, 0.2) is 12.2 Å². The van der Waals surface area contributed by atoms with Gasteiger partial charge >= 0.3 is 5.97 Å². The van der Waals surface area contributed by atoms with Gasteiger partial charge in [0.15, 0.2) is 0 Å². The summed E-state index contributed by atoms with van der Waals surface area (Å²) in [7, 11) is 0. The number of aliphatic carboxylic acids is 1. The third-order valence-corrected chi connectivity index (χ3v) is 2.25. The molecule has 0 spiro atoms. The molecule has 0 saturated carbocycles. The fourth-order valence-corrected chi connectivity index (χ4v) is 1.25. The van der Waals surface area contributed by atoms with Gasteiger partial charge in [-0.2, -0.15) is 11.8 Å². The van der Waals surface area contributed by atoms with Gasteiger partial charge in [0.1, 0.15) is 6.04 Å². The number of rotatable bonds is 6. The lowest BCUT2D eigenvalue weighted by Crippen LogP contribution is -2.41. The Labute approximate surface area is 87.8 Å². The number of thioether (sulfide) groups is 1. The van der Waals surface area contributed by atoms with Crippen molar-refractivity contribution in [3.8, 4) is 0 Å². The average Bonchev–Trinajstić information content (AvgIpc) is 2.10. The normalized spacial score (nSPS) is 11.9. The minimum atomic E-state index is -1.01. The van der Waals surface area contributed by atoms with Crippen LogP contribution in [0, 0.1) is 0 Å². The van der Waals surface area contributed by atoms with Gasteiger partial charge in [0.2, 0.25) is 5.91 Å². The van der Waals surface area contributed by atoms with E-state index in [1.54, 1.807) is 18.7 Å². The summed E-state index contributed by atoms with van der Waals surface area (Å²) in [5.74, 6) is -0.708. The molecule has 0 saturated heterocycles. The summed E-state index contributed by atoms with van der Waals surface area (Å²) in [6, 6.07) is -0.813. The molecule has 2 N–H and O–H groups in total. The van der Waals surface area contributed by atoms with Gasteiger partial charge in [-0.15, -0.1) is 0 Å². The quantitative estimate of drug-likeness (QED) is 0.648. The second-order valence-electron chi connectivity index (χ2n) is 2.93. The minimum Gasteiger partial charge on any atom is -0.480 e. The maximum Gasteiger partial charge on any atom is 0.326 e. The summed E-state index contributed by atoms with van der Waals surface area (Å²) in [6.07, 6.45) is 2.31. The Balaban J connectivity index is 4.16. The highest BCUT2D eigenvalue weighted by atomic mass is 32.2. The molecule has 0 aliphatic carbocycles. The Hall–Kier alpha value is -0.970. The largest absolute Gasteiger partial charge is 0.480 e. The lowest BCUT2D eigenvalue weighted by Gasteiger charge is -2.13. The van der Waals surface area contributed by atoms with Crippen molar-refractivity contribution in [2.24, 2.45) is 0 Å². The van der Waals surface area contributed by atoms with E-state index in [2.05, 4.69) is 11.9 Å². The van der Waals surface area contributed by atoms with Gasteiger partial charge < -0.3 is 10.4 Å². The number of amides is 1. The standard InChI is InChI=1S/C9H15NO3S/c1-6(2)8(11)10-7(9(12)13)4-5-14-3/h7H,1,4-5H2,2-3H3,(H,10,11)(H,12,13). The number of carboxylic acid groups (broad SMARTS) is 1. The molecule has 1 amide bonds. The van der Waals surface area contributed by atoms with Gasteiger partial charge in [-0.05, 0) is 25.4 Å². The molecule has 0 aromatic heterocycles. The van der Waals surface area contributed by atoms with Crippen LogP contribution < -0.4 is 5.32 Å². The van der Waals surface area contributed by atoms with Crippen molar-refractivity contribution in [1.29, 1.82) is 0 Å². The molecule has 0 rings (SSSR count). The predicted octanol–water partition coefficient (Wildman–Crippen LogP) is 0.885. The number of carbonyl (C=O) groups is 2. The molecule has 0 aromatic carbocycles. The van der Waals surface area contributed by atoms with Gasteiger partial charge in [-0.1, -0.05) is 6.58 Å². The third kappa shape index (κ3) is 4.91. The van der Waals surface area contributed by atoms with Crippen LogP contribution in [0.4, 0.5) is 0 Å². The van der Waals surface area contributed by atoms with E-state index in [1.807, 2.05) is 6.26 Å². The van der Waals surface area contributed by atoms with Crippen molar-refractivity contribution in [3.63, 3.8) is 0 Å². The topological polar surface area (TPSA) is 66.4 Å². The Kier molecular flexibility index (Phi) is 6.03. The molecular formula is C9H15NO3S. The minimum absolute atomic E-state index is 0.320. The predicted molar refractivity (Wildman–Crippen MR) is 57.4 cm³/mol. The lowest BCUT2D eigenvalue weighted by molar-refractivity contribution is -0.141. The van der Waals surface area contributed by atoms with E-state index in [1.165, 1.54) is 0 Å². The second-order valence-corrected chi connectivity index (χ2v) is 3.91. The summed E-state index contributed by atoms with van der Waals surface area (Å²) < 4.78 is 0. The Morgan fingerprint density at radius 2 is 2.14 bits per heavy atom. The first-order valence-corrected chi connectivity index (χ1v) is 5.56. The van der Waals surface area contributed by atoms with E-state index in [9.17, 15) is 9.59 Å². The third-order valence-electron chi connectivity index (χ3n) is 1.60. The lowest BCUT2D eigenvalue weighted by atomic mass is 10.2. The van der Waals surface area contributed by atoms with Crippen molar-refractivity contribution in [1.82, 2.24) is 5.32 Å². The first kappa shape index (κ1) is 13.0. The monoisotopic (exact) mass is 217 g/mol. The Bertz CT molecular complexity index is 240. The van der Waals surface area contributed by atoms with Crippen LogP contribution >= 0.6 is 11.8 Å². The van der Waals surface area contributed by atoms with E-state index in [-0.39, 0.29) is 0 Å². The zero-order valence-electron chi connectivity index (χ0n) is 8.37. The summed E-state index contributed by atoms with van der Waals surface area (Å²) >= 11 is 1.55. The molecule has 0 aliphatic rings. The van der Waals surface area contributed by atoms with Crippen LogP contribution in [-0.2, 0) is 9.59 Å². The van der Waals surface area contributed by atoms with E-state index < -0.39 is 17.9 Å². The molecule has 0 fully saturated rings. The molecule has 1 atom stereocenters. The molecule has 80 valence electrons. The van der Waals surface area contributed by atoms with E-state index in [0.717, 1.165) is 0 Å². The molecule has 5 heteroatoms. The number of hydrogen-bond donors (Lipinski definition) is 2. The van der Waals surface area contributed by atoms with Gasteiger partial charge in [0.25, 0.3) is 0 Å². The zero-order valence-corrected chi connectivity index (χ0v) is 9.19. The van der Waals surface area contributed by atoms with Gasteiger partial charge in [0.05, 0.1) is 0 Å². The van der Waals surface area contributed by atoms with Crippen molar-refractivity contribution in [2.45, 2.75) is 19.4 Å². The first-order valence-electron chi connectivity index (χ1n) is 4.17. The van der Waals surface area contributed by atoms with Crippen LogP contribution in [0.2, 0.25) is 0 Å². The van der Waals surface area contributed by atoms with Crippen molar-refractivity contribution in [2.75, 3.05) is 12.0 Å². The fraction of sp³-hybridized carbons (Fsp3) is 0.556. The highest BCUT2D eigenvalue weighted by molar-refractivity contribution is 7.98. The highest BCUT2D eigenvalue weighted by Gasteiger charge is 2.19. The summed E-state index contributed by atoms with van der Waals surface area (Å²) in [5, 5.41) is 11.2. The van der Waals surface area contributed by atoms with E-state index in [4.69, 9.17) is 5.11 Å². The Morgan fingerprint density at radius 1 is 1.57 bits per heavy atom. The number of nitrogens with one attached hydrogen (secondary N) is 1. The van der Waals surface area contributed by atoms with Gasteiger partial charge in [0, 0.05) is 5.57 Å². The van der Waals surface area contributed by atoms with Crippen LogP contribution in [0.25, 0.3) is 0 Å². The summed E-state index contributed by atoms with van der Waals surface area (Å²) in [4.78, 5) is 21.8. The Morgan fingerprint density at radius 3 is 2.50 bits per heavy atom. The molecule has 4 nitrogen and oxygen atoms in total. The van der Waals surface area contributed by atoms with E-state index >= 15 is 0 Å². The van der Waals surface area contributed by atoms with Crippen LogP contribution in [0.5, 0.6) is 0 Å². The SMILES string of the molecule is C=C(C)C(=O)NC(CCSC)C(=O)O. The van der Waals surface area contributed by atoms with Crippen molar-refractivity contribution >= 4 is 23.6 Å². The van der Waals surface area contributed by atoms with Crippen molar-refractivity contribution < 1.29 is 14.7 Å². The molecule has 14 heavy (non-hydrogen) atoms. The van der Waals surface area contributed by atoms with Gasteiger partial charge in [-0.3, -0.25) is 4.79 Å². The summed E-state index contributed by atoms with van der Waals surface area (Å²) in [5.41, 5.74) is 0.320. The van der Waals surface area contributed by atoms with E-state index in [0.29, 0.717) is 17.7 Å². The average molecular weight is 217 g/mol. The maximum absolute atomic E-state index is 11.1. The summed E-state index contributed by atoms with van der Waals surface area (Å²) in [6.45, 7) is 4.98. The molecule has 0 bridgehead atoms. The number of hydrogen-bond acceptors (Lipinski definition) is 3. The zero-order chi connectivity index (χ0) is 11.1. The van der Waals surface area contributed by atoms with Gasteiger partial charge in [-0.25, -0.2) is 4.79 Å². The molecule has 0 heterocycles. The first-order chi connectivity index (χ1) is 6.49. The molecule has 0 aromatic rings. The molecule has 1 unspecified atom stereocenters. The maximum atomic E-state index is 11.1. The fourth-order valence-electron chi connectivity index (χ4n) is 0.775. The van der Waals surface area contributed by atoms with Crippen molar-refractivity contribution in [3.05, 3.63) is 12.2 Å². The number of carbonyl (C=O) groups excluding carboxylic acids is 1. The van der Waals surface area contributed by atoms with Crippen LogP contribution in [-0.4, -0.2) is 35.0 Å². The van der Waals surface area contributed by atoms with Crippen LogP contribution in [0.3, 0.4) is 0 Å². The van der Waals surface area contributed by atoms with Crippen LogP contribution in [0.1, 0.15) is 13.3 Å². The highest BCUT2D eigenvalue weighted by Crippen LogP contribution is 2.01. The molecular weight excluding hydrogens is 202 g/mol. The molecule has 0 aliphatic heterocycles. The smallest absolute Gasteiger partial charge is 0.326 e. The molecule has 0 radical (unpaired) electrons.